The van der Waals surface area contributed by atoms with Gasteiger partial charge in [-0.25, -0.2) is 0 Å². The van der Waals surface area contributed by atoms with Crippen molar-refractivity contribution in [1.29, 1.82) is 0 Å². The van der Waals surface area contributed by atoms with Crippen molar-refractivity contribution in [2.75, 3.05) is 12.4 Å². The fourth-order valence-corrected chi connectivity index (χ4v) is 4.25. The lowest BCUT2D eigenvalue weighted by atomic mass is 9.93. The first kappa shape index (κ1) is 19.3. The van der Waals surface area contributed by atoms with E-state index < -0.39 is 0 Å². The van der Waals surface area contributed by atoms with Crippen LogP contribution in [0.3, 0.4) is 0 Å². The second kappa shape index (κ2) is 7.78. The number of para-hydroxylation sites is 1. The van der Waals surface area contributed by atoms with Gasteiger partial charge in [0.05, 0.1) is 7.11 Å². The van der Waals surface area contributed by atoms with E-state index in [1.165, 1.54) is 18.4 Å². The summed E-state index contributed by atoms with van der Waals surface area (Å²) in [4.78, 5) is 12.6. The molecule has 1 heterocycles. The average molecular weight is 389 g/mol. The number of furan rings is 1. The van der Waals surface area contributed by atoms with Crippen molar-refractivity contribution in [1.82, 2.24) is 0 Å². The number of methoxy groups -OCH3 is 1. The first-order chi connectivity index (χ1) is 14.0. The van der Waals surface area contributed by atoms with Crippen LogP contribution in [-0.4, -0.2) is 13.0 Å². The van der Waals surface area contributed by atoms with E-state index in [0.717, 1.165) is 63.3 Å². The van der Waals surface area contributed by atoms with Gasteiger partial charge in [-0.1, -0.05) is 18.2 Å². The third-order valence-corrected chi connectivity index (χ3v) is 5.81. The van der Waals surface area contributed by atoms with Crippen LogP contribution in [0.1, 0.15) is 47.8 Å². The molecule has 0 fully saturated rings. The van der Waals surface area contributed by atoms with Crippen molar-refractivity contribution in [2.24, 2.45) is 0 Å². The number of aryl methyl sites for hydroxylation is 4. The summed E-state index contributed by atoms with van der Waals surface area (Å²) >= 11 is 0. The Balaban J connectivity index is 1.74. The molecule has 0 unspecified atom stereocenters. The third-order valence-electron chi connectivity index (χ3n) is 5.81. The third kappa shape index (κ3) is 3.55. The fraction of sp³-hybridized carbons (Fsp3) is 0.320. The number of fused-ring (bicyclic) bond motifs is 3. The molecule has 3 aromatic rings. The Kier molecular flexibility index (Phi) is 5.18. The number of carbonyl (C=O) groups excluding carboxylic acids is 1. The molecule has 4 heteroatoms. The maximum atomic E-state index is 12.6. The highest BCUT2D eigenvalue weighted by atomic mass is 16.5. The quantitative estimate of drug-likeness (QED) is 0.559. The zero-order valence-electron chi connectivity index (χ0n) is 17.5. The number of amides is 1. The number of rotatable bonds is 4. The van der Waals surface area contributed by atoms with Crippen LogP contribution >= 0.6 is 0 Å². The predicted octanol–water partition coefficient (Wildman–Crippen LogP) is 5.98. The van der Waals surface area contributed by atoms with Crippen molar-refractivity contribution in [3.05, 3.63) is 64.4 Å². The smallest absolute Gasteiger partial charge is 0.248 e. The summed E-state index contributed by atoms with van der Waals surface area (Å²) in [5.74, 6) is 1.72. The monoisotopic (exact) mass is 389 g/mol. The van der Waals surface area contributed by atoms with E-state index in [-0.39, 0.29) is 5.91 Å². The average Bonchev–Trinajstić information content (AvgIpc) is 3.09. The molecule has 4 rings (SSSR count). The zero-order valence-corrected chi connectivity index (χ0v) is 17.5. The van der Waals surface area contributed by atoms with Gasteiger partial charge in [-0.3, -0.25) is 4.79 Å². The molecule has 1 N–H and O–H groups in total. The van der Waals surface area contributed by atoms with Crippen molar-refractivity contribution >= 4 is 28.1 Å². The van der Waals surface area contributed by atoms with E-state index in [1.54, 1.807) is 13.2 Å². The second-order valence-electron chi connectivity index (χ2n) is 7.80. The summed E-state index contributed by atoms with van der Waals surface area (Å²) in [6.07, 6.45) is 6.05. The molecule has 0 spiro atoms. The number of benzene rings is 2. The van der Waals surface area contributed by atoms with Gasteiger partial charge in [0.1, 0.15) is 17.1 Å². The molecule has 1 aromatic heterocycles. The predicted molar refractivity (Wildman–Crippen MR) is 118 cm³/mol. The van der Waals surface area contributed by atoms with Crippen molar-refractivity contribution in [3.63, 3.8) is 0 Å². The Morgan fingerprint density at radius 3 is 2.69 bits per heavy atom. The molecule has 150 valence electrons. The van der Waals surface area contributed by atoms with Gasteiger partial charge in [0.25, 0.3) is 0 Å². The second-order valence-corrected chi connectivity index (χ2v) is 7.80. The van der Waals surface area contributed by atoms with E-state index in [0.29, 0.717) is 0 Å². The summed E-state index contributed by atoms with van der Waals surface area (Å²) in [6, 6.07) is 9.89. The minimum atomic E-state index is -0.147. The molecule has 0 aliphatic heterocycles. The van der Waals surface area contributed by atoms with E-state index in [4.69, 9.17) is 9.15 Å². The summed E-state index contributed by atoms with van der Waals surface area (Å²) in [5, 5.41) is 4.12. The van der Waals surface area contributed by atoms with E-state index >= 15 is 0 Å². The SMILES string of the molecule is COc1c(/C(C)=C/C(=O)Nc2ccccc2C)cc2c3c(oc2c1C)CCCC3. The molecule has 0 bridgehead atoms. The van der Waals surface area contributed by atoms with Gasteiger partial charge >= 0.3 is 0 Å². The van der Waals surface area contributed by atoms with Crippen molar-refractivity contribution in [3.8, 4) is 5.75 Å². The Labute approximate surface area is 171 Å². The Hall–Kier alpha value is -3.01. The molecule has 0 saturated carbocycles. The Morgan fingerprint density at radius 1 is 1.17 bits per heavy atom. The highest BCUT2D eigenvalue weighted by molar-refractivity contribution is 6.05. The largest absolute Gasteiger partial charge is 0.496 e. The molecular formula is C25H27NO3. The lowest BCUT2D eigenvalue weighted by Gasteiger charge is -2.14. The Morgan fingerprint density at radius 2 is 1.93 bits per heavy atom. The lowest BCUT2D eigenvalue weighted by molar-refractivity contribution is -0.111. The molecule has 2 aromatic carbocycles. The maximum absolute atomic E-state index is 12.6. The van der Waals surface area contributed by atoms with Gasteiger partial charge in [0.2, 0.25) is 5.91 Å². The van der Waals surface area contributed by atoms with Crippen LogP contribution < -0.4 is 10.1 Å². The van der Waals surface area contributed by atoms with Gasteiger partial charge in [0.15, 0.2) is 0 Å². The van der Waals surface area contributed by atoms with E-state index in [9.17, 15) is 4.79 Å². The number of anilines is 1. The molecule has 29 heavy (non-hydrogen) atoms. The summed E-state index contributed by atoms with van der Waals surface area (Å²) in [7, 11) is 1.67. The van der Waals surface area contributed by atoms with Crippen molar-refractivity contribution < 1.29 is 13.9 Å². The van der Waals surface area contributed by atoms with Crippen LogP contribution in [0.5, 0.6) is 5.75 Å². The Bertz CT molecular complexity index is 1120. The number of allylic oxidation sites excluding steroid dienone is 1. The number of hydrogen-bond donors (Lipinski definition) is 1. The number of ether oxygens (including phenoxy) is 1. The van der Waals surface area contributed by atoms with Gasteiger partial charge in [-0.05, 0) is 63.3 Å². The lowest BCUT2D eigenvalue weighted by Crippen LogP contribution is -2.09. The zero-order chi connectivity index (χ0) is 20.5. The molecule has 1 aliphatic rings. The van der Waals surface area contributed by atoms with Crippen LogP contribution in [0.25, 0.3) is 16.5 Å². The number of carbonyl (C=O) groups is 1. The van der Waals surface area contributed by atoms with Crippen LogP contribution in [0.4, 0.5) is 5.69 Å². The summed E-state index contributed by atoms with van der Waals surface area (Å²) in [6.45, 7) is 5.96. The molecule has 0 atom stereocenters. The number of hydrogen-bond acceptors (Lipinski definition) is 3. The highest BCUT2D eigenvalue weighted by Crippen LogP contribution is 2.41. The molecule has 1 amide bonds. The minimum Gasteiger partial charge on any atom is -0.496 e. The van der Waals surface area contributed by atoms with Gasteiger partial charge < -0.3 is 14.5 Å². The van der Waals surface area contributed by atoms with Gasteiger partial charge in [-0.15, -0.1) is 0 Å². The first-order valence-corrected chi connectivity index (χ1v) is 10.2. The summed E-state index contributed by atoms with van der Waals surface area (Å²) in [5.41, 5.74) is 6.87. The molecule has 1 aliphatic carbocycles. The van der Waals surface area contributed by atoms with E-state index in [1.807, 2.05) is 45.0 Å². The molecular weight excluding hydrogens is 362 g/mol. The first-order valence-electron chi connectivity index (χ1n) is 10.2. The topological polar surface area (TPSA) is 51.5 Å². The van der Waals surface area contributed by atoms with Crippen LogP contribution in [0.2, 0.25) is 0 Å². The van der Waals surface area contributed by atoms with Crippen LogP contribution in [-0.2, 0) is 17.6 Å². The summed E-state index contributed by atoms with van der Waals surface area (Å²) < 4.78 is 11.9. The fourth-order valence-electron chi connectivity index (χ4n) is 4.25. The van der Waals surface area contributed by atoms with Crippen LogP contribution in [0, 0.1) is 13.8 Å². The molecule has 0 radical (unpaired) electrons. The number of nitrogens with one attached hydrogen (secondary N) is 1. The van der Waals surface area contributed by atoms with Gasteiger partial charge in [0, 0.05) is 40.3 Å². The molecule has 0 saturated heterocycles. The van der Waals surface area contributed by atoms with Gasteiger partial charge in [-0.2, -0.15) is 0 Å². The van der Waals surface area contributed by atoms with Crippen molar-refractivity contribution in [2.45, 2.75) is 46.5 Å². The minimum absolute atomic E-state index is 0.147. The maximum Gasteiger partial charge on any atom is 0.248 e. The van der Waals surface area contributed by atoms with E-state index in [2.05, 4.69) is 11.4 Å². The molecule has 4 nitrogen and oxygen atoms in total. The van der Waals surface area contributed by atoms with Crippen LogP contribution in [0.15, 0.2) is 40.8 Å². The standard InChI is InChI=1S/C25H27NO3/c1-15-9-5-7-11-21(15)26-23(27)13-16(2)19-14-20-18-10-6-8-12-22(18)29-25(20)17(3)24(19)28-4/h5,7,9,11,13-14H,6,8,10,12H2,1-4H3,(H,26,27)/b16-13+. The highest BCUT2D eigenvalue weighted by Gasteiger charge is 2.23. The normalized spacial score (nSPS) is 14.0.